The number of carbonyl (C=O) groups is 2. The minimum Gasteiger partial charge on any atom is -0.387 e. The van der Waals surface area contributed by atoms with E-state index in [2.05, 4.69) is 5.32 Å². The molecule has 0 bridgehead atoms. The number of nitrogens with zero attached hydrogens (tertiary/aromatic N) is 2. The lowest BCUT2D eigenvalue weighted by molar-refractivity contribution is -0.141. The van der Waals surface area contributed by atoms with E-state index >= 15 is 0 Å². The van der Waals surface area contributed by atoms with Gasteiger partial charge in [-0.1, -0.05) is 12.1 Å². The lowest BCUT2D eigenvalue weighted by atomic mass is 9.92. The van der Waals surface area contributed by atoms with Crippen LogP contribution in [0.4, 0.5) is 5.69 Å². The summed E-state index contributed by atoms with van der Waals surface area (Å²) >= 11 is 0. The first-order valence-corrected chi connectivity index (χ1v) is 8.71. The molecule has 1 saturated heterocycles. The molecule has 1 aliphatic rings. The SMILES string of the molecule is Cc1cccc(NC(=O)CC(=O)N2CCCC(O)(CN(C)C)C2)c1C. The number of carbonyl (C=O) groups excluding carboxylic acids is 2. The van der Waals surface area contributed by atoms with Crippen LogP contribution < -0.4 is 5.32 Å². The van der Waals surface area contributed by atoms with E-state index in [1.165, 1.54) is 0 Å². The number of benzene rings is 1. The summed E-state index contributed by atoms with van der Waals surface area (Å²) in [6, 6.07) is 5.70. The second kappa shape index (κ2) is 7.97. The van der Waals surface area contributed by atoms with Crippen molar-refractivity contribution in [2.75, 3.05) is 39.0 Å². The van der Waals surface area contributed by atoms with Crippen molar-refractivity contribution in [1.82, 2.24) is 9.80 Å². The Morgan fingerprint density at radius 2 is 2.04 bits per heavy atom. The molecule has 2 N–H and O–H groups in total. The number of hydrogen-bond acceptors (Lipinski definition) is 4. The Labute approximate surface area is 149 Å². The number of rotatable bonds is 5. The molecule has 0 saturated carbocycles. The molecule has 6 nitrogen and oxygen atoms in total. The Kier molecular flexibility index (Phi) is 6.19. The molecule has 1 atom stereocenters. The highest BCUT2D eigenvalue weighted by Crippen LogP contribution is 2.23. The summed E-state index contributed by atoms with van der Waals surface area (Å²) in [5.41, 5.74) is 1.93. The second-order valence-corrected chi connectivity index (χ2v) is 7.35. The maximum atomic E-state index is 12.5. The summed E-state index contributed by atoms with van der Waals surface area (Å²) in [7, 11) is 3.80. The van der Waals surface area contributed by atoms with Gasteiger partial charge in [-0.05, 0) is 58.0 Å². The molecule has 1 heterocycles. The van der Waals surface area contributed by atoms with E-state index in [4.69, 9.17) is 0 Å². The average molecular weight is 347 g/mol. The van der Waals surface area contributed by atoms with E-state index in [9.17, 15) is 14.7 Å². The molecule has 1 aromatic rings. The number of nitrogens with one attached hydrogen (secondary N) is 1. The van der Waals surface area contributed by atoms with Gasteiger partial charge in [0, 0.05) is 18.8 Å². The van der Waals surface area contributed by atoms with Crippen molar-refractivity contribution in [2.45, 2.75) is 38.7 Å². The molecular weight excluding hydrogens is 318 g/mol. The quantitative estimate of drug-likeness (QED) is 0.793. The van der Waals surface area contributed by atoms with Crippen LogP contribution in [0.1, 0.15) is 30.4 Å². The zero-order valence-corrected chi connectivity index (χ0v) is 15.6. The van der Waals surface area contributed by atoms with Crippen molar-refractivity contribution in [3.05, 3.63) is 29.3 Å². The number of β-amino-alcohol motifs (C(OH)–C–C–N with tert-alkyl or cyclic N) is 1. The number of anilines is 1. The molecule has 1 unspecified atom stereocenters. The minimum atomic E-state index is -0.902. The van der Waals surface area contributed by atoms with Gasteiger partial charge in [0.05, 0.1) is 12.1 Å². The highest BCUT2D eigenvalue weighted by atomic mass is 16.3. The number of likely N-dealkylation sites (tertiary alicyclic amines) is 1. The molecule has 0 aliphatic carbocycles. The fraction of sp³-hybridized carbons (Fsp3) is 0.579. The maximum absolute atomic E-state index is 12.5. The van der Waals surface area contributed by atoms with Crippen LogP contribution in [0.15, 0.2) is 18.2 Å². The zero-order chi connectivity index (χ0) is 18.6. The summed E-state index contributed by atoms with van der Waals surface area (Å²) in [4.78, 5) is 28.2. The van der Waals surface area contributed by atoms with Gasteiger partial charge < -0.3 is 20.2 Å². The van der Waals surface area contributed by atoms with Crippen molar-refractivity contribution in [3.63, 3.8) is 0 Å². The van der Waals surface area contributed by atoms with Crippen molar-refractivity contribution in [1.29, 1.82) is 0 Å². The largest absolute Gasteiger partial charge is 0.387 e. The van der Waals surface area contributed by atoms with Crippen LogP contribution in [0, 0.1) is 13.8 Å². The summed E-state index contributed by atoms with van der Waals surface area (Å²) in [6.45, 7) is 5.30. The predicted molar refractivity (Wildman–Crippen MR) is 98.5 cm³/mol. The number of aliphatic hydroxyl groups is 1. The Morgan fingerprint density at radius 3 is 2.72 bits per heavy atom. The molecule has 1 fully saturated rings. The van der Waals surface area contributed by atoms with Gasteiger partial charge in [-0.3, -0.25) is 9.59 Å². The van der Waals surface area contributed by atoms with Crippen LogP contribution in [0.2, 0.25) is 0 Å². The lowest BCUT2D eigenvalue weighted by Crippen LogP contribution is -2.55. The van der Waals surface area contributed by atoms with Crippen LogP contribution in [-0.4, -0.2) is 66.1 Å². The standard InChI is InChI=1S/C19H29N3O3/c1-14-7-5-8-16(15(14)2)20-17(23)11-18(24)22-10-6-9-19(25,13-22)12-21(3)4/h5,7-8,25H,6,9-13H2,1-4H3,(H,20,23). The van der Waals surface area contributed by atoms with E-state index in [0.29, 0.717) is 19.5 Å². The van der Waals surface area contributed by atoms with Gasteiger partial charge in [-0.15, -0.1) is 0 Å². The third kappa shape index (κ3) is 5.28. The molecule has 2 amide bonds. The third-order valence-electron chi connectivity index (χ3n) is 4.71. The van der Waals surface area contributed by atoms with Gasteiger partial charge in [0.15, 0.2) is 0 Å². The van der Waals surface area contributed by atoms with Crippen LogP contribution in [0.3, 0.4) is 0 Å². The minimum absolute atomic E-state index is 0.203. The van der Waals surface area contributed by atoms with Crippen LogP contribution in [0.5, 0.6) is 0 Å². The van der Waals surface area contributed by atoms with Crippen molar-refractivity contribution in [3.8, 4) is 0 Å². The smallest absolute Gasteiger partial charge is 0.233 e. The first-order valence-electron chi connectivity index (χ1n) is 8.71. The molecule has 138 valence electrons. The Balaban J connectivity index is 1.94. The Hall–Kier alpha value is -1.92. The van der Waals surface area contributed by atoms with Crippen LogP contribution in [0.25, 0.3) is 0 Å². The summed E-state index contributed by atoms with van der Waals surface area (Å²) < 4.78 is 0. The van der Waals surface area contributed by atoms with Crippen LogP contribution in [-0.2, 0) is 9.59 Å². The number of hydrogen-bond donors (Lipinski definition) is 2. The zero-order valence-electron chi connectivity index (χ0n) is 15.6. The number of likely N-dealkylation sites (N-methyl/N-ethyl adjacent to an activating group) is 1. The van der Waals surface area contributed by atoms with E-state index < -0.39 is 5.60 Å². The maximum Gasteiger partial charge on any atom is 0.233 e. The molecular formula is C19H29N3O3. The van der Waals surface area contributed by atoms with Gasteiger partial charge in [-0.25, -0.2) is 0 Å². The highest BCUT2D eigenvalue weighted by Gasteiger charge is 2.35. The average Bonchev–Trinajstić information content (AvgIpc) is 2.50. The third-order valence-corrected chi connectivity index (χ3v) is 4.71. The summed E-state index contributed by atoms with van der Waals surface area (Å²) in [6.07, 6.45) is 1.21. The van der Waals surface area contributed by atoms with Gasteiger partial charge >= 0.3 is 0 Å². The molecule has 2 rings (SSSR count). The van der Waals surface area contributed by atoms with Crippen LogP contribution >= 0.6 is 0 Å². The van der Waals surface area contributed by atoms with E-state index in [1.54, 1.807) is 4.90 Å². The summed E-state index contributed by atoms with van der Waals surface area (Å²) in [5.74, 6) is -0.555. The van der Waals surface area contributed by atoms with Crippen molar-refractivity contribution in [2.24, 2.45) is 0 Å². The van der Waals surface area contributed by atoms with E-state index in [0.717, 1.165) is 23.2 Å². The molecule has 0 radical (unpaired) electrons. The molecule has 25 heavy (non-hydrogen) atoms. The molecule has 0 aromatic heterocycles. The van der Waals surface area contributed by atoms with Gasteiger partial charge in [-0.2, -0.15) is 0 Å². The van der Waals surface area contributed by atoms with Gasteiger partial charge in [0.1, 0.15) is 6.42 Å². The molecule has 1 aliphatic heterocycles. The fourth-order valence-electron chi connectivity index (χ4n) is 3.37. The Bertz CT molecular complexity index is 645. The topological polar surface area (TPSA) is 72.9 Å². The fourth-order valence-corrected chi connectivity index (χ4v) is 3.37. The first-order chi connectivity index (χ1) is 11.7. The molecule has 1 aromatic carbocycles. The first kappa shape index (κ1) is 19.4. The normalized spacial score (nSPS) is 20.6. The van der Waals surface area contributed by atoms with Gasteiger partial charge in [0.25, 0.3) is 0 Å². The van der Waals surface area contributed by atoms with Gasteiger partial charge in [0.2, 0.25) is 11.8 Å². The number of piperidine rings is 1. The van der Waals surface area contributed by atoms with Crippen molar-refractivity contribution < 1.29 is 14.7 Å². The summed E-state index contributed by atoms with van der Waals surface area (Å²) in [5, 5.41) is 13.5. The predicted octanol–water partition coefficient (Wildman–Crippen LogP) is 1.55. The second-order valence-electron chi connectivity index (χ2n) is 7.35. The highest BCUT2D eigenvalue weighted by molar-refractivity contribution is 6.04. The van der Waals surface area contributed by atoms with Crippen molar-refractivity contribution >= 4 is 17.5 Å². The molecule has 6 heteroatoms. The van der Waals surface area contributed by atoms with E-state index in [-0.39, 0.29) is 24.8 Å². The number of amides is 2. The molecule has 0 spiro atoms. The van der Waals surface area contributed by atoms with E-state index in [1.807, 2.05) is 51.0 Å². The Morgan fingerprint density at radius 1 is 1.32 bits per heavy atom. The number of aryl methyl sites for hydroxylation is 1. The monoisotopic (exact) mass is 347 g/mol. The lowest BCUT2D eigenvalue weighted by Gasteiger charge is -2.40.